The number of aromatic nitrogens is 4. The van der Waals surface area contributed by atoms with Crippen LogP contribution in [0.25, 0.3) is 11.0 Å². The molecule has 1 atom stereocenters. The van der Waals surface area contributed by atoms with Crippen molar-refractivity contribution in [3.05, 3.63) is 48.4 Å². The van der Waals surface area contributed by atoms with Crippen molar-refractivity contribution in [2.24, 2.45) is 12.0 Å². The lowest BCUT2D eigenvalue weighted by Crippen LogP contribution is -2.40. The molecule has 3 N–H and O–H groups in total. The smallest absolute Gasteiger partial charge is 0.191 e. The van der Waals surface area contributed by atoms with Gasteiger partial charge in [-0.25, -0.2) is 9.97 Å². The van der Waals surface area contributed by atoms with Crippen LogP contribution in [0.2, 0.25) is 0 Å². The van der Waals surface area contributed by atoms with E-state index in [1.54, 1.807) is 24.3 Å². The summed E-state index contributed by atoms with van der Waals surface area (Å²) in [4.78, 5) is 12.8. The van der Waals surface area contributed by atoms with Crippen molar-refractivity contribution >= 4 is 46.8 Å². The van der Waals surface area contributed by atoms with Gasteiger partial charge in [0.2, 0.25) is 0 Å². The predicted octanol–water partition coefficient (Wildman–Crippen LogP) is 2.32. The minimum Gasteiger partial charge on any atom is -0.368 e. The van der Waals surface area contributed by atoms with E-state index >= 15 is 0 Å². The van der Waals surface area contributed by atoms with Crippen molar-refractivity contribution in [2.75, 3.05) is 25.5 Å². The molecule has 8 nitrogen and oxygen atoms in total. The Morgan fingerprint density at radius 2 is 1.96 bits per heavy atom. The lowest BCUT2D eigenvalue weighted by atomic mass is 10.1. The zero-order valence-corrected chi connectivity index (χ0v) is 18.0. The molecule has 0 saturated heterocycles. The first-order chi connectivity index (χ1) is 12.7. The summed E-state index contributed by atoms with van der Waals surface area (Å²) in [7, 11) is 3.63. The first-order valence-corrected chi connectivity index (χ1v) is 8.57. The van der Waals surface area contributed by atoms with Crippen LogP contribution in [0.15, 0.2) is 47.8 Å². The molecular formula is C18H25IN8. The number of halogens is 1. The molecule has 27 heavy (non-hydrogen) atoms. The van der Waals surface area contributed by atoms with E-state index in [9.17, 15) is 0 Å². The quantitative estimate of drug-likeness (QED) is 0.217. The monoisotopic (exact) mass is 480 g/mol. The number of aliphatic imine (C=N–C) groups is 1. The second-order valence-corrected chi connectivity index (χ2v) is 5.93. The molecule has 0 amide bonds. The second kappa shape index (κ2) is 10.0. The maximum absolute atomic E-state index is 4.30. The molecule has 0 spiro atoms. The fourth-order valence-electron chi connectivity index (χ4n) is 2.69. The maximum Gasteiger partial charge on any atom is 0.191 e. The highest BCUT2D eigenvalue weighted by Crippen LogP contribution is 2.17. The number of hydrogen-bond donors (Lipinski definition) is 3. The molecule has 0 fully saturated rings. The van der Waals surface area contributed by atoms with Crippen LogP contribution in [0.4, 0.5) is 5.82 Å². The number of fused-ring (bicyclic) bond motifs is 1. The Bertz CT molecular complexity index is 877. The average Bonchev–Trinajstić information content (AvgIpc) is 3.06. The molecule has 2 aromatic heterocycles. The standard InChI is InChI=1S/C18H24N8.HI/c1-13(14-7-5-4-6-8-14)25-18(19-2)21-10-9-20-16-15-11-24-26(3)17(15)23-12-22-16;/h4-8,11-13H,9-10H2,1-3H3,(H2,19,21,25)(H,20,22,23);1H. The van der Waals surface area contributed by atoms with Crippen LogP contribution in [0, 0.1) is 0 Å². The van der Waals surface area contributed by atoms with E-state index in [-0.39, 0.29) is 30.0 Å². The zero-order chi connectivity index (χ0) is 18.4. The van der Waals surface area contributed by atoms with Gasteiger partial charge in [-0.1, -0.05) is 30.3 Å². The summed E-state index contributed by atoms with van der Waals surface area (Å²) in [5.41, 5.74) is 2.03. The van der Waals surface area contributed by atoms with E-state index in [4.69, 9.17) is 0 Å². The Balaban J connectivity index is 0.00000261. The molecule has 3 aromatic rings. The summed E-state index contributed by atoms with van der Waals surface area (Å²) in [6, 6.07) is 10.5. The van der Waals surface area contributed by atoms with Gasteiger partial charge in [0, 0.05) is 27.2 Å². The molecule has 9 heteroatoms. The third-order valence-electron chi connectivity index (χ3n) is 4.12. The normalized spacial score (nSPS) is 12.3. The number of benzene rings is 1. The SMILES string of the molecule is CN=C(NCCNc1ncnc2c1cnn2C)NC(C)c1ccccc1.I. The third kappa shape index (κ3) is 5.28. The minimum absolute atomic E-state index is 0. The topological polar surface area (TPSA) is 92.1 Å². The van der Waals surface area contributed by atoms with E-state index < -0.39 is 0 Å². The summed E-state index contributed by atoms with van der Waals surface area (Å²) < 4.78 is 1.73. The molecule has 0 saturated carbocycles. The van der Waals surface area contributed by atoms with Gasteiger partial charge in [-0.15, -0.1) is 24.0 Å². The molecule has 2 heterocycles. The van der Waals surface area contributed by atoms with Crippen molar-refractivity contribution in [1.29, 1.82) is 0 Å². The first-order valence-electron chi connectivity index (χ1n) is 8.57. The van der Waals surface area contributed by atoms with Gasteiger partial charge in [-0.2, -0.15) is 5.10 Å². The summed E-state index contributed by atoms with van der Waals surface area (Å²) in [5, 5.41) is 15.1. The second-order valence-electron chi connectivity index (χ2n) is 5.93. The molecule has 0 radical (unpaired) electrons. The van der Waals surface area contributed by atoms with Crippen molar-refractivity contribution in [3.63, 3.8) is 0 Å². The fourth-order valence-corrected chi connectivity index (χ4v) is 2.69. The molecule has 3 rings (SSSR count). The molecule has 1 aromatic carbocycles. The van der Waals surface area contributed by atoms with Gasteiger partial charge in [0.15, 0.2) is 11.6 Å². The Labute approximate surface area is 175 Å². The van der Waals surface area contributed by atoms with Gasteiger partial charge in [-0.05, 0) is 12.5 Å². The Hall–Kier alpha value is -2.43. The van der Waals surface area contributed by atoms with Gasteiger partial charge in [0.05, 0.1) is 17.6 Å². The molecule has 0 bridgehead atoms. The van der Waals surface area contributed by atoms with E-state index in [1.165, 1.54) is 5.56 Å². The third-order valence-corrected chi connectivity index (χ3v) is 4.12. The number of guanidine groups is 1. The predicted molar refractivity (Wildman–Crippen MR) is 120 cm³/mol. The highest BCUT2D eigenvalue weighted by atomic mass is 127. The van der Waals surface area contributed by atoms with Crippen molar-refractivity contribution in [3.8, 4) is 0 Å². The van der Waals surface area contributed by atoms with Gasteiger partial charge in [0.25, 0.3) is 0 Å². The van der Waals surface area contributed by atoms with E-state index in [0.29, 0.717) is 13.1 Å². The Morgan fingerprint density at radius 3 is 2.70 bits per heavy atom. The summed E-state index contributed by atoms with van der Waals surface area (Å²) in [5.74, 6) is 1.54. The van der Waals surface area contributed by atoms with Crippen LogP contribution < -0.4 is 16.0 Å². The highest BCUT2D eigenvalue weighted by molar-refractivity contribution is 14.0. The molecule has 0 aliphatic heterocycles. The van der Waals surface area contributed by atoms with Gasteiger partial charge >= 0.3 is 0 Å². The van der Waals surface area contributed by atoms with Crippen molar-refractivity contribution in [1.82, 2.24) is 30.4 Å². The van der Waals surface area contributed by atoms with Crippen molar-refractivity contribution < 1.29 is 0 Å². The average molecular weight is 480 g/mol. The largest absolute Gasteiger partial charge is 0.368 e. The van der Waals surface area contributed by atoms with Crippen LogP contribution in [0.3, 0.4) is 0 Å². The number of aryl methyl sites for hydroxylation is 1. The first kappa shape index (κ1) is 20.9. The van der Waals surface area contributed by atoms with Gasteiger partial charge in [-0.3, -0.25) is 9.67 Å². The number of rotatable bonds is 6. The Kier molecular flexibility index (Phi) is 7.77. The Morgan fingerprint density at radius 1 is 1.19 bits per heavy atom. The van der Waals surface area contributed by atoms with Crippen LogP contribution in [0.1, 0.15) is 18.5 Å². The van der Waals surface area contributed by atoms with Crippen LogP contribution >= 0.6 is 24.0 Å². The van der Waals surface area contributed by atoms with Crippen LogP contribution in [-0.2, 0) is 7.05 Å². The molecular weight excluding hydrogens is 455 g/mol. The maximum atomic E-state index is 4.30. The number of anilines is 1. The summed E-state index contributed by atoms with van der Waals surface area (Å²) in [6.45, 7) is 3.51. The minimum atomic E-state index is 0. The number of hydrogen-bond acceptors (Lipinski definition) is 5. The lowest BCUT2D eigenvalue weighted by Gasteiger charge is -2.18. The molecule has 1 unspecified atom stereocenters. The number of nitrogens with zero attached hydrogens (tertiary/aromatic N) is 5. The van der Waals surface area contributed by atoms with Crippen molar-refractivity contribution in [2.45, 2.75) is 13.0 Å². The zero-order valence-electron chi connectivity index (χ0n) is 15.7. The summed E-state index contributed by atoms with van der Waals surface area (Å²) in [6.07, 6.45) is 3.31. The van der Waals surface area contributed by atoms with E-state index in [1.807, 2.05) is 25.2 Å². The number of nitrogens with one attached hydrogen (secondary N) is 3. The lowest BCUT2D eigenvalue weighted by molar-refractivity contribution is 0.687. The molecule has 0 aliphatic rings. The van der Waals surface area contributed by atoms with E-state index in [2.05, 4.69) is 55.1 Å². The van der Waals surface area contributed by atoms with Crippen LogP contribution in [-0.4, -0.2) is 45.8 Å². The highest BCUT2D eigenvalue weighted by Gasteiger charge is 2.08. The molecule has 0 aliphatic carbocycles. The van der Waals surface area contributed by atoms with Gasteiger partial charge < -0.3 is 16.0 Å². The van der Waals surface area contributed by atoms with Gasteiger partial charge in [0.1, 0.15) is 12.1 Å². The van der Waals surface area contributed by atoms with E-state index in [0.717, 1.165) is 22.8 Å². The fraction of sp³-hybridized carbons (Fsp3) is 0.333. The molecule has 144 valence electrons. The van der Waals surface area contributed by atoms with Crippen LogP contribution in [0.5, 0.6) is 0 Å². The summed E-state index contributed by atoms with van der Waals surface area (Å²) >= 11 is 0.